The van der Waals surface area contributed by atoms with Crippen LogP contribution in [0.1, 0.15) is 13.8 Å². The van der Waals surface area contributed by atoms with Gasteiger partial charge in [0.2, 0.25) is 0 Å². The van der Waals surface area contributed by atoms with Gasteiger partial charge in [-0.3, -0.25) is 0 Å². The van der Waals surface area contributed by atoms with Gasteiger partial charge in [0.05, 0.1) is 11.0 Å². The van der Waals surface area contributed by atoms with Crippen molar-refractivity contribution >= 4 is 17.2 Å². The third kappa shape index (κ3) is 2.23. The molecule has 0 saturated heterocycles. The van der Waals surface area contributed by atoms with Crippen molar-refractivity contribution in [1.82, 2.24) is 0 Å². The third-order valence-corrected chi connectivity index (χ3v) is 1.32. The molecule has 48 valence electrons. The van der Waals surface area contributed by atoms with Crippen molar-refractivity contribution in [2.24, 2.45) is 17.4 Å². The maximum Gasteiger partial charge on any atom is 0.0900 e. The number of hydrogen-bond donors (Lipinski definition) is 2. The fraction of sp³-hybridized carbons (Fsp3) is 0.800. The van der Waals surface area contributed by atoms with Crippen LogP contribution in [0, 0.1) is 5.92 Å². The van der Waals surface area contributed by atoms with E-state index in [0.29, 0.717) is 10.9 Å². The zero-order chi connectivity index (χ0) is 6.73. The largest absolute Gasteiger partial charge is 0.392 e. The lowest BCUT2D eigenvalue weighted by molar-refractivity contribution is 0.597. The molecule has 1 atom stereocenters. The van der Waals surface area contributed by atoms with Crippen LogP contribution in [0.3, 0.4) is 0 Å². The molecular formula is C5H12N2S. The fourth-order valence-electron chi connectivity index (χ4n) is 0.329. The van der Waals surface area contributed by atoms with Crippen molar-refractivity contribution in [3.63, 3.8) is 0 Å². The van der Waals surface area contributed by atoms with Crippen molar-refractivity contribution in [3.05, 3.63) is 0 Å². The molecule has 0 fully saturated rings. The molecule has 3 heteroatoms. The van der Waals surface area contributed by atoms with Gasteiger partial charge in [-0.15, -0.1) is 0 Å². The van der Waals surface area contributed by atoms with Gasteiger partial charge in [0.25, 0.3) is 0 Å². The standard InChI is InChI=1S/C5H12N2S/c1-3(2)4(6)5(7)8/h3-4H,6H2,1-2H3,(H2,7,8)/t4-/m1/s1. The van der Waals surface area contributed by atoms with Crippen molar-refractivity contribution in [2.75, 3.05) is 0 Å². The van der Waals surface area contributed by atoms with E-state index in [1.54, 1.807) is 0 Å². The third-order valence-electron chi connectivity index (χ3n) is 1.05. The molecule has 4 N–H and O–H groups in total. The Morgan fingerprint density at radius 2 is 1.88 bits per heavy atom. The number of hydrogen-bond acceptors (Lipinski definition) is 2. The summed E-state index contributed by atoms with van der Waals surface area (Å²) in [6, 6.07) is -0.120. The summed E-state index contributed by atoms with van der Waals surface area (Å²) in [5, 5.41) is 0. The second kappa shape index (κ2) is 2.99. The molecule has 0 bridgehead atoms. The smallest absolute Gasteiger partial charge is 0.0900 e. The Morgan fingerprint density at radius 3 is 1.88 bits per heavy atom. The van der Waals surface area contributed by atoms with Crippen LogP contribution >= 0.6 is 12.2 Å². The minimum atomic E-state index is -0.120. The summed E-state index contributed by atoms with van der Waals surface area (Å²) >= 11 is 4.65. The SMILES string of the molecule is CC(C)[C@@H](N)C(N)=S. The molecule has 0 aliphatic rings. The zero-order valence-electron chi connectivity index (χ0n) is 5.22. The Hall–Kier alpha value is -0.150. The first kappa shape index (κ1) is 7.85. The molecule has 0 radical (unpaired) electrons. The summed E-state index contributed by atoms with van der Waals surface area (Å²) in [6.45, 7) is 3.98. The van der Waals surface area contributed by atoms with Gasteiger partial charge in [0.15, 0.2) is 0 Å². The topological polar surface area (TPSA) is 52.0 Å². The lowest BCUT2D eigenvalue weighted by Crippen LogP contribution is -2.39. The minimum Gasteiger partial charge on any atom is -0.392 e. The number of rotatable bonds is 2. The molecule has 0 aromatic heterocycles. The predicted octanol–water partition coefficient (Wildman–Crippen LogP) is 0.256. The maximum absolute atomic E-state index is 5.49. The van der Waals surface area contributed by atoms with E-state index < -0.39 is 0 Å². The minimum absolute atomic E-state index is 0.120. The second-order valence-corrected chi connectivity index (χ2v) is 2.64. The predicted molar refractivity (Wildman–Crippen MR) is 39.6 cm³/mol. The number of thiocarbonyl (C=S) groups is 1. The quantitative estimate of drug-likeness (QED) is 0.530. The molecule has 0 rings (SSSR count). The van der Waals surface area contributed by atoms with Crippen molar-refractivity contribution in [3.8, 4) is 0 Å². The number of nitrogens with two attached hydrogens (primary N) is 2. The van der Waals surface area contributed by atoms with E-state index in [1.807, 2.05) is 13.8 Å². The lowest BCUT2D eigenvalue weighted by Gasteiger charge is -2.12. The molecule has 0 aromatic rings. The molecule has 0 spiro atoms. The second-order valence-electron chi connectivity index (χ2n) is 2.17. The Balaban J connectivity index is 3.64. The molecule has 0 saturated carbocycles. The highest BCUT2D eigenvalue weighted by atomic mass is 32.1. The van der Waals surface area contributed by atoms with E-state index in [4.69, 9.17) is 11.5 Å². The van der Waals surface area contributed by atoms with E-state index in [2.05, 4.69) is 12.2 Å². The molecule has 8 heavy (non-hydrogen) atoms. The van der Waals surface area contributed by atoms with E-state index in [-0.39, 0.29) is 6.04 Å². The van der Waals surface area contributed by atoms with Gasteiger partial charge in [-0.25, -0.2) is 0 Å². The summed E-state index contributed by atoms with van der Waals surface area (Å²) in [7, 11) is 0. The van der Waals surface area contributed by atoms with E-state index >= 15 is 0 Å². The Bertz CT molecular complexity index is 90.4. The van der Waals surface area contributed by atoms with Gasteiger partial charge in [0.1, 0.15) is 0 Å². The summed E-state index contributed by atoms with van der Waals surface area (Å²) in [5.41, 5.74) is 10.7. The van der Waals surface area contributed by atoms with Gasteiger partial charge < -0.3 is 11.5 Å². The first-order valence-corrected chi connectivity index (χ1v) is 3.01. The van der Waals surface area contributed by atoms with Crippen LogP contribution in [0.5, 0.6) is 0 Å². The van der Waals surface area contributed by atoms with Gasteiger partial charge >= 0.3 is 0 Å². The van der Waals surface area contributed by atoms with E-state index in [0.717, 1.165) is 0 Å². The Kier molecular flexibility index (Phi) is 2.94. The molecule has 0 heterocycles. The first-order valence-electron chi connectivity index (χ1n) is 2.60. The molecule has 2 nitrogen and oxygen atoms in total. The van der Waals surface area contributed by atoms with Crippen LogP contribution in [-0.2, 0) is 0 Å². The average molecular weight is 132 g/mol. The molecule has 0 amide bonds. The van der Waals surface area contributed by atoms with Crippen LogP contribution < -0.4 is 11.5 Å². The zero-order valence-corrected chi connectivity index (χ0v) is 6.03. The monoisotopic (exact) mass is 132 g/mol. The normalized spacial score (nSPS) is 14.0. The van der Waals surface area contributed by atoms with Gasteiger partial charge in [-0.05, 0) is 5.92 Å². The van der Waals surface area contributed by atoms with Crippen LogP contribution in [-0.4, -0.2) is 11.0 Å². The van der Waals surface area contributed by atoms with Crippen molar-refractivity contribution in [1.29, 1.82) is 0 Å². The van der Waals surface area contributed by atoms with Crippen molar-refractivity contribution < 1.29 is 0 Å². The molecule has 0 aliphatic carbocycles. The summed E-state index contributed by atoms with van der Waals surface area (Å²) in [5.74, 6) is 0.354. The summed E-state index contributed by atoms with van der Waals surface area (Å²) in [6.07, 6.45) is 0. The first-order chi connectivity index (χ1) is 3.55. The molecular weight excluding hydrogens is 120 g/mol. The van der Waals surface area contributed by atoms with Crippen LogP contribution in [0.25, 0.3) is 0 Å². The summed E-state index contributed by atoms with van der Waals surface area (Å²) in [4.78, 5) is 0.403. The van der Waals surface area contributed by atoms with Crippen LogP contribution in [0.4, 0.5) is 0 Å². The lowest BCUT2D eigenvalue weighted by atomic mass is 10.1. The van der Waals surface area contributed by atoms with E-state index in [1.165, 1.54) is 0 Å². The highest BCUT2D eigenvalue weighted by Crippen LogP contribution is 1.96. The van der Waals surface area contributed by atoms with Gasteiger partial charge in [-0.2, -0.15) is 0 Å². The fourth-order valence-corrected chi connectivity index (χ4v) is 0.601. The molecule has 0 unspecified atom stereocenters. The van der Waals surface area contributed by atoms with Crippen LogP contribution in [0.2, 0.25) is 0 Å². The van der Waals surface area contributed by atoms with Crippen molar-refractivity contribution in [2.45, 2.75) is 19.9 Å². The highest BCUT2D eigenvalue weighted by molar-refractivity contribution is 7.80. The average Bonchev–Trinajstić information content (AvgIpc) is 1.64. The Labute approximate surface area is 55.2 Å². The summed E-state index contributed by atoms with van der Waals surface area (Å²) < 4.78 is 0. The Morgan fingerprint density at radius 1 is 1.50 bits per heavy atom. The maximum atomic E-state index is 5.49. The van der Waals surface area contributed by atoms with Gasteiger partial charge in [-0.1, -0.05) is 26.1 Å². The molecule has 0 aromatic carbocycles. The highest BCUT2D eigenvalue weighted by Gasteiger charge is 2.08. The molecule has 0 aliphatic heterocycles. The van der Waals surface area contributed by atoms with E-state index in [9.17, 15) is 0 Å². The van der Waals surface area contributed by atoms with Gasteiger partial charge in [0, 0.05) is 0 Å². The van der Waals surface area contributed by atoms with Crippen LogP contribution in [0.15, 0.2) is 0 Å².